The molecule has 2 aromatic carbocycles. The fraction of sp³-hybridized carbons (Fsp3) is 0.344. The molecule has 1 aliphatic rings. The number of hydrogen-bond acceptors (Lipinski definition) is 4. The zero-order valence-electron chi connectivity index (χ0n) is 23.9. The van der Waals surface area contributed by atoms with E-state index in [0.717, 1.165) is 60.5 Å². The number of hydrogen-bond donors (Lipinski definition) is 2. The van der Waals surface area contributed by atoms with Gasteiger partial charge in [0.2, 0.25) is 0 Å². The van der Waals surface area contributed by atoms with E-state index in [2.05, 4.69) is 37.5 Å². The van der Waals surface area contributed by atoms with E-state index < -0.39 is 0 Å². The number of rotatable bonds is 6. The Morgan fingerprint density at radius 2 is 1.73 bits per heavy atom. The molecule has 1 fully saturated rings. The van der Waals surface area contributed by atoms with Crippen LogP contribution in [-0.4, -0.2) is 39.7 Å². The van der Waals surface area contributed by atoms with Crippen molar-refractivity contribution in [2.24, 2.45) is 5.92 Å². The number of nitrogens with zero attached hydrogens (tertiary/aromatic N) is 3. The van der Waals surface area contributed by atoms with Crippen LogP contribution in [0.4, 0.5) is 16.3 Å². The van der Waals surface area contributed by atoms with Crippen molar-refractivity contribution >= 4 is 46.4 Å². The molecule has 0 radical (unpaired) electrons. The van der Waals surface area contributed by atoms with Gasteiger partial charge in [0.15, 0.2) is 0 Å². The number of aryl methyl sites for hydroxylation is 1. The Hall–Kier alpha value is -3.62. The van der Waals surface area contributed by atoms with E-state index in [4.69, 9.17) is 16.7 Å². The summed E-state index contributed by atoms with van der Waals surface area (Å²) in [5.41, 5.74) is 4.67. The molecule has 41 heavy (non-hydrogen) atoms. The summed E-state index contributed by atoms with van der Waals surface area (Å²) >= 11 is 7.34. The topological polar surface area (TPSA) is 79.3 Å². The Morgan fingerprint density at radius 3 is 2.39 bits per heavy atom. The fourth-order valence-corrected chi connectivity index (χ4v) is 6.04. The molecule has 7 nitrogen and oxygen atoms in total. The van der Waals surface area contributed by atoms with Crippen molar-refractivity contribution in [1.82, 2.24) is 14.7 Å². The van der Waals surface area contributed by atoms with Gasteiger partial charge >= 0.3 is 6.03 Å². The van der Waals surface area contributed by atoms with Crippen molar-refractivity contribution < 1.29 is 9.59 Å². The van der Waals surface area contributed by atoms with Crippen LogP contribution in [0.1, 0.15) is 60.1 Å². The first-order valence-electron chi connectivity index (χ1n) is 13.9. The molecule has 0 saturated carbocycles. The lowest BCUT2D eigenvalue weighted by Crippen LogP contribution is -2.38. The van der Waals surface area contributed by atoms with Gasteiger partial charge in [0.25, 0.3) is 5.91 Å². The molecule has 1 saturated heterocycles. The van der Waals surface area contributed by atoms with E-state index >= 15 is 0 Å². The molecule has 0 aliphatic carbocycles. The average molecular weight is 590 g/mol. The Kier molecular flexibility index (Phi) is 8.52. The summed E-state index contributed by atoms with van der Waals surface area (Å²) in [5, 5.41) is 10.8. The van der Waals surface area contributed by atoms with Crippen molar-refractivity contribution in [2.75, 3.05) is 23.7 Å². The number of benzene rings is 2. The Labute approximate surface area is 250 Å². The number of urea groups is 1. The van der Waals surface area contributed by atoms with Crippen molar-refractivity contribution in [1.29, 1.82) is 0 Å². The number of carbonyl (C=O) groups is 2. The van der Waals surface area contributed by atoms with Gasteiger partial charge in [-0.1, -0.05) is 62.2 Å². The van der Waals surface area contributed by atoms with E-state index in [0.29, 0.717) is 20.9 Å². The van der Waals surface area contributed by atoms with Gasteiger partial charge in [0, 0.05) is 30.3 Å². The van der Waals surface area contributed by atoms with Gasteiger partial charge in [0.1, 0.15) is 5.82 Å². The van der Waals surface area contributed by atoms with Crippen molar-refractivity contribution in [3.8, 4) is 5.69 Å². The van der Waals surface area contributed by atoms with Gasteiger partial charge in [0.05, 0.1) is 20.6 Å². The van der Waals surface area contributed by atoms with Gasteiger partial charge < -0.3 is 10.2 Å². The van der Waals surface area contributed by atoms with E-state index in [-0.39, 0.29) is 17.4 Å². The predicted octanol–water partition coefficient (Wildman–Crippen LogP) is 7.93. The zero-order valence-corrected chi connectivity index (χ0v) is 25.5. The smallest absolute Gasteiger partial charge is 0.324 e. The summed E-state index contributed by atoms with van der Waals surface area (Å²) in [6, 6.07) is 21.2. The van der Waals surface area contributed by atoms with Gasteiger partial charge in [-0.25, -0.2) is 9.48 Å². The molecule has 0 bridgehead atoms. The van der Waals surface area contributed by atoms with Crippen LogP contribution in [0.5, 0.6) is 0 Å². The second-order valence-corrected chi connectivity index (χ2v) is 13.5. The second-order valence-electron chi connectivity index (χ2n) is 11.7. The number of nitrogens with one attached hydrogen (secondary N) is 2. The zero-order chi connectivity index (χ0) is 29.1. The number of amides is 3. The standard InChI is InChI=1S/C32H36ClN5O2S/c1-21-8-10-25(11-9-21)38-29(20-27(36-38)32(2,3)4)35-31(40)34-24-7-5-6-23(19-24)18-22-14-16-37(17-15-22)30(39)26-12-13-28(33)41-26/h5-13,19-20,22H,14-18H2,1-4H3,(H2,34,35,40). The summed E-state index contributed by atoms with van der Waals surface area (Å²) in [6.07, 6.45) is 2.79. The summed E-state index contributed by atoms with van der Waals surface area (Å²) in [6.45, 7) is 9.83. The molecule has 4 aromatic rings. The first-order valence-corrected chi connectivity index (χ1v) is 15.1. The van der Waals surface area contributed by atoms with Crippen molar-refractivity contribution in [3.63, 3.8) is 0 Å². The molecular weight excluding hydrogens is 554 g/mol. The molecule has 2 aromatic heterocycles. The van der Waals surface area contributed by atoms with Gasteiger partial charge in [-0.05, 0) is 74.1 Å². The maximum absolute atomic E-state index is 13.1. The van der Waals surface area contributed by atoms with Crippen LogP contribution in [0.3, 0.4) is 0 Å². The highest BCUT2D eigenvalue weighted by Gasteiger charge is 2.25. The van der Waals surface area contributed by atoms with Gasteiger partial charge in [-0.15, -0.1) is 11.3 Å². The number of halogens is 1. The van der Waals surface area contributed by atoms with Gasteiger partial charge in [-0.2, -0.15) is 5.10 Å². The molecule has 1 aliphatic heterocycles. The number of carbonyl (C=O) groups excluding carboxylic acids is 2. The minimum atomic E-state index is -0.323. The van der Waals surface area contributed by atoms with Crippen molar-refractivity contribution in [2.45, 2.75) is 52.4 Å². The lowest BCUT2D eigenvalue weighted by molar-refractivity contribution is 0.0695. The van der Waals surface area contributed by atoms with E-state index in [1.807, 2.05) is 60.4 Å². The Morgan fingerprint density at radius 1 is 1.00 bits per heavy atom. The second kappa shape index (κ2) is 12.1. The molecule has 0 spiro atoms. The molecule has 214 valence electrons. The average Bonchev–Trinajstić information content (AvgIpc) is 3.56. The van der Waals surface area contributed by atoms with Crippen LogP contribution >= 0.6 is 22.9 Å². The summed E-state index contributed by atoms with van der Waals surface area (Å²) in [7, 11) is 0. The van der Waals surface area contributed by atoms with Crippen LogP contribution in [0.2, 0.25) is 4.34 Å². The van der Waals surface area contributed by atoms with E-state index in [1.54, 1.807) is 16.8 Å². The van der Waals surface area contributed by atoms with Crippen LogP contribution in [0.15, 0.2) is 66.7 Å². The number of anilines is 2. The Balaban J connectivity index is 1.20. The first-order chi connectivity index (χ1) is 19.5. The third-order valence-corrected chi connectivity index (χ3v) is 8.61. The molecule has 9 heteroatoms. The third-order valence-electron chi connectivity index (χ3n) is 7.39. The van der Waals surface area contributed by atoms with Crippen LogP contribution in [0.25, 0.3) is 5.69 Å². The minimum absolute atomic E-state index is 0.0656. The minimum Gasteiger partial charge on any atom is -0.338 e. The van der Waals surface area contributed by atoms with E-state index in [9.17, 15) is 9.59 Å². The number of thiophene rings is 1. The first kappa shape index (κ1) is 28.9. The highest BCUT2D eigenvalue weighted by Crippen LogP contribution is 2.28. The lowest BCUT2D eigenvalue weighted by Gasteiger charge is -2.32. The lowest BCUT2D eigenvalue weighted by atomic mass is 9.90. The third kappa shape index (κ3) is 7.18. The maximum Gasteiger partial charge on any atom is 0.324 e. The molecule has 5 rings (SSSR count). The summed E-state index contributed by atoms with van der Waals surface area (Å²) in [5.74, 6) is 1.16. The van der Waals surface area contributed by atoms with Crippen LogP contribution in [-0.2, 0) is 11.8 Å². The largest absolute Gasteiger partial charge is 0.338 e. The summed E-state index contributed by atoms with van der Waals surface area (Å²) < 4.78 is 2.41. The highest BCUT2D eigenvalue weighted by atomic mass is 35.5. The monoisotopic (exact) mass is 589 g/mol. The molecule has 3 amide bonds. The van der Waals surface area contributed by atoms with E-state index in [1.165, 1.54) is 11.3 Å². The molecule has 3 heterocycles. The Bertz CT molecular complexity index is 1530. The number of likely N-dealkylation sites (tertiary alicyclic amines) is 1. The molecule has 0 unspecified atom stereocenters. The number of piperidine rings is 1. The van der Waals surface area contributed by atoms with Crippen molar-refractivity contribution in [3.05, 3.63) is 92.8 Å². The normalized spacial score (nSPS) is 14.2. The summed E-state index contributed by atoms with van der Waals surface area (Å²) in [4.78, 5) is 28.5. The van der Waals surface area contributed by atoms with Crippen LogP contribution in [0, 0.1) is 12.8 Å². The maximum atomic E-state index is 13.1. The predicted molar refractivity (Wildman–Crippen MR) is 168 cm³/mol. The fourth-order valence-electron chi connectivity index (χ4n) is 5.03. The molecule has 2 N–H and O–H groups in total. The van der Waals surface area contributed by atoms with Crippen LogP contribution < -0.4 is 10.6 Å². The number of aromatic nitrogens is 2. The van der Waals surface area contributed by atoms with Gasteiger partial charge in [-0.3, -0.25) is 10.1 Å². The quantitative estimate of drug-likeness (QED) is 0.240. The molecule has 0 atom stereocenters. The highest BCUT2D eigenvalue weighted by molar-refractivity contribution is 7.17. The SMILES string of the molecule is Cc1ccc(-n2nc(C(C)(C)C)cc2NC(=O)Nc2cccc(CC3CCN(C(=O)c4ccc(Cl)s4)CC3)c2)cc1. The molecular formula is C32H36ClN5O2S.